The van der Waals surface area contributed by atoms with Crippen molar-refractivity contribution in [2.75, 3.05) is 55.7 Å². The van der Waals surface area contributed by atoms with E-state index in [1.165, 1.54) is 48.7 Å². The Hall–Kier alpha value is -1.04. The number of benzene rings is 1. The largest absolute Gasteiger partial charge is 0.369 e. The van der Waals surface area contributed by atoms with Crippen LogP contribution in [-0.4, -0.2) is 72.9 Å². The molecule has 130 valence electrons. The lowest BCUT2D eigenvalue weighted by Crippen LogP contribution is -2.47. The number of carbonyl (C=O) groups excluding carboxylic acids is 1. The van der Waals surface area contributed by atoms with Crippen LogP contribution in [0.2, 0.25) is 0 Å². The van der Waals surface area contributed by atoms with Gasteiger partial charge >= 0.3 is 0 Å². The van der Waals surface area contributed by atoms with Crippen LogP contribution < -0.4 is 4.90 Å². The summed E-state index contributed by atoms with van der Waals surface area (Å²) in [6, 6.07) is 7.12. The van der Waals surface area contributed by atoms with Gasteiger partial charge in [-0.1, -0.05) is 12.1 Å². The third kappa shape index (κ3) is 3.79. The molecule has 1 aromatic carbocycles. The molecule has 5 heteroatoms. The molecule has 1 saturated carbocycles. The Bertz CT molecular complexity index is 576. The maximum Gasteiger partial charge on any atom is 0.150 e. The van der Waals surface area contributed by atoms with Crippen LogP contribution in [0.25, 0.3) is 0 Å². The van der Waals surface area contributed by atoms with Crippen molar-refractivity contribution in [3.05, 3.63) is 29.3 Å². The van der Waals surface area contributed by atoms with E-state index in [0.29, 0.717) is 0 Å². The first-order valence-electron chi connectivity index (χ1n) is 9.21. The molecule has 0 amide bonds. The highest BCUT2D eigenvalue weighted by molar-refractivity contribution is 7.99. The summed E-state index contributed by atoms with van der Waals surface area (Å²) in [5.74, 6) is 2.48. The second-order valence-electron chi connectivity index (χ2n) is 7.15. The predicted molar refractivity (Wildman–Crippen MR) is 101 cm³/mol. The molecule has 0 N–H and O–H groups in total. The monoisotopic (exact) mass is 345 g/mol. The first-order valence-corrected chi connectivity index (χ1v) is 10.4. The molecule has 4 rings (SSSR count). The number of rotatable bonds is 5. The summed E-state index contributed by atoms with van der Waals surface area (Å²) in [5.41, 5.74) is 3.47. The Kier molecular flexibility index (Phi) is 5.11. The zero-order chi connectivity index (χ0) is 16.4. The van der Waals surface area contributed by atoms with Crippen LogP contribution in [0.4, 0.5) is 5.69 Å². The van der Waals surface area contributed by atoms with Crippen molar-refractivity contribution < 1.29 is 4.79 Å². The van der Waals surface area contributed by atoms with Gasteiger partial charge in [0.1, 0.15) is 6.29 Å². The molecule has 0 spiro atoms. The molecule has 24 heavy (non-hydrogen) atoms. The third-order valence-corrected chi connectivity index (χ3v) is 6.40. The molecule has 0 radical (unpaired) electrons. The minimum Gasteiger partial charge on any atom is -0.369 e. The van der Waals surface area contributed by atoms with E-state index in [1.54, 1.807) is 0 Å². The van der Waals surface area contributed by atoms with E-state index in [9.17, 15) is 4.79 Å². The maximum absolute atomic E-state index is 11.3. The summed E-state index contributed by atoms with van der Waals surface area (Å²) >= 11 is 2.05. The second kappa shape index (κ2) is 7.46. The fraction of sp³-hybridized carbons (Fsp3) is 0.632. The number of hydrogen-bond acceptors (Lipinski definition) is 5. The first-order chi connectivity index (χ1) is 11.8. The van der Waals surface area contributed by atoms with E-state index in [2.05, 4.69) is 38.6 Å². The van der Waals surface area contributed by atoms with Crippen LogP contribution in [0.3, 0.4) is 0 Å². The Labute approximate surface area is 149 Å². The lowest BCUT2D eigenvalue weighted by molar-refractivity contribution is 0.112. The SMILES string of the molecule is O=Cc1ccc(CN2CCSCC2)c(N2CCN(C3CC3)CC2)c1. The smallest absolute Gasteiger partial charge is 0.150 e. The normalized spacial score (nSPS) is 23.4. The summed E-state index contributed by atoms with van der Waals surface area (Å²) in [5, 5.41) is 0. The van der Waals surface area contributed by atoms with Crippen LogP contribution in [0, 0.1) is 0 Å². The van der Waals surface area contributed by atoms with E-state index >= 15 is 0 Å². The molecule has 2 aliphatic heterocycles. The summed E-state index contributed by atoms with van der Waals surface area (Å²) in [7, 11) is 0. The van der Waals surface area contributed by atoms with Gasteiger partial charge in [-0.05, 0) is 24.5 Å². The van der Waals surface area contributed by atoms with Crippen LogP contribution >= 0.6 is 11.8 Å². The van der Waals surface area contributed by atoms with Crippen molar-refractivity contribution in [3.63, 3.8) is 0 Å². The molecule has 3 aliphatic rings. The first kappa shape index (κ1) is 16.4. The second-order valence-corrected chi connectivity index (χ2v) is 8.37. The number of carbonyl (C=O) groups is 1. The van der Waals surface area contributed by atoms with Crippen LogP contribution in [0.15, 0.2) is 18.2 Å². The Morgan fingerprint density at radius 3 is 2.46 bits per heavy atom. The summed E-state index contributed by atoms with van der Waals surface area (Å²) in [6.45, 7) is 7.86. The van der Waals surface area contributed by atoms with Crippen LogP contribution in [-0.2, 0) is 6.54 Å². The summed E-state index contributed by atoms with van der Waals surface area (Å²) in [6.07, 6.45) is 3.75. The Morgan fingerprint density at radius 2 is 1.79 bits per heavy atom. The van der Waals surface area contributed by atoms with Gasteiger partial charge in [0, 0.05) is 74.6 Å². The highest BCUT2D eigenvalue weighted by Gasteiger charge is 2.31. The van der Waals surface area contributed by atoms with Crippen molar-refractivity contribution in [2.24, 2.45) is 0 Å². The number of nitrogens with zero attached hydrogens (tertiary/aromatic N) is 3. The van der Waals surface area contributed by atoms with Crippen LogP contribution in [0.1, 0.15) is 28.8 Å². The zero-order valence-electron chi connectivity index (χ0n) is 14.3. The molecule has 0 aromatic heterocycles. The molecule has 1 aromatic rings. The van der Waals surface area contributed by atoms with E-state index in [1.807, 2.05) is 6.07 Å². The Balaban J connectivity index is 1.49. The fourth-order valence-corrected chi connectivity index (χ4v) is 4.83. The van der Waals surface area contributed by atoms with Gasteiger partial charge in [0.2, 0.25) is 0 Å². The predicted octanol–water partition coefficient (Wildman–Crippen LogP) is 2.33. The van der Waals surface area contributed by atoms with E-state index in [4.69, 9.17) is 0 Å². The zero-order valence-corrected chi connectivity index (χ0v) is 15.1. The van der Waals surface area contributed by atoms with Gasteiger partial charge in [0.05, 0.1) is 0 Å². The topological polar surface area (TPSA) is 26.8 Å². The molecule has 3 fully saturated rings. The number of aldehydes is 1. The summed E-state index contributed by atoms with van der Waals surface area (Å²) in [4.78, 5) is 18.9. The lowest BCUT2D eigenvalue weighted by Gasteiger charge is -2.38. The number of hydrogen-bond donors (Lipinski definition) is 0. The fourth-order valence-electron chi connectivity index (χ4n) is 3.85. The van der Waals surface area contributed by atoms with Gasteiger partial charge < -0.3 is 4.90 Å². The van der Waals surface area contributed by atoms with Gasteiger partial charge in [0.25, 0.3) is 0 Å². The highest BCUT2D eigenvalue weighted by Crippen LogP contribution is 2.30. The van der Waals surface area contributed by atoms with Crippen molar-refractivity contribution in [1.82, 2.24) is 9.80 Å². The molecule has 2 saturated heterocycles. The van der Waals surface area contributed by atoms with Gasteiger partial charge in [-0.25, -0.2) is 0 Å². The molecule has 1 aliphatic carbocycles. The number of anilines is 1. The number of piperazine rings is 1. The van der Waals surface area contributed by atoms with E-state index < -0.39 is 0 Å². The minimum atomic E-state index is 0.799. The molecular weight excluding hydrogens is 318 g/mol. The lowest BCUT2D eigenvalue weighted by atomic mass is 10.1. The van der Waals surface area contributed by atoms with E-state index in [0.717, 1.165) is 50.6 Å². The van der Waals surface area contributed by atoms with Gasteiger partial charge in [-0.3, -0.25) is 14.6 Å². The molecular formula is C19H27N3OS. The third-order valence-electron chi connectivity index (χ3n) is 5.46. The summed E-state index contributed by atoms with van der Waals surface area (Å²) < 4.78 is 0. The quantitative estimate of drug-likeness (QED) is 0.764. The Morgan fingerprint density at radius 1 is 1.04 bits per heavy atom. The van der Waals surface area contributed by atoms with Gasteiger partial charge in [-0.15, -0.1) is 0 Å². The molecule has 0 bridgehead atoms. The maximum atomic E-state index is 11.3. The number of thioether (sulfide) groups is 1. The highest BCUT2D eigenvalue weighted by atomic mass is 32.2. The standard InChI is InChI=1S/C19H27N3OS/c23-15-16-1-2-17(14-20-9-11-24-12-10-20)19(13-16)22-7-5-21(6-8-22)18-3-4-18/h1-2,13,15,18H,3-12,14H2. The van der Waals surface area contributed by atoms with Gasteiger partial charge in [-0.2, -0.15) is 11.8 Å². The minimum absolute atomic E-state index is 0.799. The average Bonchev–Trinajstić information content (AvgIpc) is 3.48. The van der Waals surface area contributed by atoms with Crippen molar-refractivity contribution >= 4 is 23.7 Å². The van der Waals surface area contributed by atoms with Crippen molar-refractivity contribution in [3.8, 4) is 0 Å². The molecule has 2 heterocycles. The van der Waals surface area contributed by atoms with E-state index in [-0.39, 0.29) is 0 Å². The molecule has 0 unspecified atom stereocenters. The molecule has 0 atom stereocenters. The van der Waals surface area contributed by atoms with Crippen LogP contribution in [0.5, 0.6) is 0 Å². The van der Waals surface area contributed by atoms with Crippen molar-refractivity contribution in [1.29, 1.82) is 0 Å². The van der Waals surface area contributed by atoms with Gasteiger partial charge in [0.15, 0.2) is 0 Å². The average molecular weight is 346 g/mol. The molecule has 4 nitrogen and oxygen atoms in total. The van der Waals surface area contributed by atoms with Crippen molar-refractivity contribution in [2.45, 2.75) is 25.4 Å².